The molecular formula is C16H19. The molecule has 0 aromatic carbocycles. The van der Waals surface area contributed by atoms with Gasteiger partial charge in [0.05, 0.1) is 0 Å². The van der Waals surface area contributed by atoms with Crippen LogP contribution in [0.2, 0.25) is 0 Å². The third-order valence-electron chi connectivity index (χ3n) is 4.37. The Balaban J connectivity index is 1.89. The number of allylic oxidation sites excluding steroid dienone is 8. The third kappa shape index (κ3) is 1.52. The maximum atomic E-state index is 2.42. The quantitative estimate of drug-likeness (QED) is 0.558. The van der Waals surface area contributed by atoms with Crippen LogP contribution in [0, 0.1) is 18.3 Å². The average Bonchev–Trinajstić information content (AvgIpc) is 3.01. The Bertz CT molecular complexity index is 454. The van der Waals surface area contributed by atoms with Gasteiger partial charge in [-0.3, -0.25) is 0 Å². The molecule has 0 aromatic rings. The van der Waals surface area contributed by atoms with Crippen molar-refractivity contribution in [2.45, 2.75) is 33.6 Å². The van der Waals surface area contributed by atoms with Crippen LogP contribution in [0.4, 0.5) is 0 Å². The van der Waals surface area contributed by atoms with Gasteiger partial charge in [0.2, 0.25) is 0 Å². The highest BCUT2D eigenvalue weighted by Gasteiger charge is 2.27. The summed E-state index contributed by atoms with van der Waals surface area (Å²) in [4.78, 5) is 0. The summed E-state index contributed by atoms with van der Waals surface area (Å²) >= 11 is 0. The SMILES string of the molecule is CC1=CC1=C1[CH]C2=C(C=C1)C(C)C(C)CC2. The predicted molar refractivity (Wildman–Crippen MR) is 68.8 cm³/mol. The second-order valence-electron chi connectivity index (χ2n) is 5.46. The van der Waals surface area contributed by atoms with Gasteiger partial charge in [0.15, 0.2) is 0 Å². The van der Waals surface area contributed by atoms with Crippen LogP contribution in [0.25, 0.3) is 0 Å². The van der Waals surface area contributed by atoms with E-state index in [0.717, 1.165) is 11.8 Å². The van der Waals surface area contributed by atoms with Gasteiger partial charge in [0.25, 0.3) is 0 Å². The lowest BCUT2D eigenvalue weighted by Gasteiger charge is -2.32. The van der Waals surface area contributed by atoms with Crippen molar-refractivity contribution in [3.05, 3.63) is 52.5 Å². The largest absolute Gasteiger partial charge is 0.0619 e. The molecule has 0 nitrogen and oxygen atoms in total. The smallest absolute Gasteiger partial charge is 0.0167 e. The van der Waals surface area contributed by atoms with Crippen molar-refractivity contribution in [1.82, 2.24) is 0 Å². The topological polar surface area (TPSA) is 0 Å². The molecule has 0 heteroatoms. The Morgan fingerprint density at radius 1 is 1.19 bits per heavy atom. The van der Waals surface area contributed by atoms with Crippen molar-refractivity contribution in [3.63, 3.8) is 0 Å². The van der Waals surface area contributed by atoms with Crippen molar-refractivity contribution in [2.75, 3.05) is 0 Å². The zero-order chi connectivity index (χ0) is 11.3. The Morgan fingerprint density at radius 2 is 1.94 bits per heavy atom. The van der Waals surface area contributed by atoms with Crippen molar-refractivity contribution < 1.29 is 0 Å². The highest BCUT2D eigenvalue weighted by atomic mass is 14.3. The average molecular weight is 211 g/mol. The first-order valence-corrected chi connectivity index (χ1v) is 6.35. The summed E-state index contributed by atoms with van der Waals surface area (Å²) in [5, 5.41) is 0. The van der Waals surface area contributed by atoms with E-state index in [4.69, 9.17) is 0 Å². The second kappa shape index (κ2) is 3.48. The van der Waals surface area contributed by atoms with E-state index in [1.54, 1.807) is 11.1 Å². The minimum Gasteiger partial charge on any atom is -0.0619 e. The molecule has 0 amide bonds. The number of rotatable bonds is 0. The van der Waals surface area contributed by atoms with Gasteiger partial charge in [0, 0.05) is 6.42 Å². The minimum absolute atomic E-state index is 0.732. The molecule has 0 heterocycles. The summed E-state index contributed by atoms with van der Waals surface area (Å²) in [5.41, 5.74) is 7.52. The van der Waals surface area contributed by atoms with Crippen LogP contribution < -0.4 is 0 Å². The molecule has 0 bridgehead atoms. The molecule has 2 atom stereocenters. The minimum atomic E-state index is 0.732. The predicted octanol–water partition coefficient (Wildman–Crippen LogP) is 4.38. The normalized spacial score (nSPS) is 37.3. The molecule has 3 aliphatic rings. The Hall–Kier alpha value is -1.04. The van der Waals surface area contributed by atoms with Gasteiger partial charge in [-0.2, -0.15) is 0 Å². The fourth-order valence-corrected chi connectivity index (χ4v) is 2.87. The summed E-state index contributed by atoms with van der Waals surface area (Å²) in [5.74, 6) is 1.57. The van der Waals surface area contributed by atoms with Crippen LogP contribution in [-0.4, -0.2) is 0 Å². The lowest BCUT2D eigenvalue weighted by atomic mass is 9.73. The molecular weight excluding hydrogens is 192 g/mol. The van der Waals surface area contributed by atoms with Crippen LogP contribution in [0.3, 0.4) is 0 Å². The number of hydrogen-bond acceptors (Lipinski definition) is 0. The molecule has 3 rings (SSSR count). The van der Waals surface area contributed by atoms with E-state index < -0.39 is 0 Å². The van der Waals surface area contributed by atoms with E-state index in [0.29, 0.717) is 0 Å². The van der Waals surface area contributed by atoms with Crippen molar-refractivity contribution in [3.8, 4) is 0 Å². The van der Waals surface area contributed by atoms with Crippen LogP contribution in [0.15, 0.2) is 46.1 Å². The fraction of sp³-hybridized carbons (Fsp3) is 0.438. The molecule has 16 heavy (non-hydrogen) atoms. The van der Waals surface area contributed by atoms with E-state index in [-0.39, 0.29) is 0 Å². The highest BCUT2D eigenvalue weighted by Crippen LogP contribution is 2.42. The maximum absolute atomic E-state index is 2.42. The molecule has 0 N–H and O–H groups in total. The van der Waals surface area contributed by atoms with Gasteiger partial charge in [-0.15, -0.1) is 0 Å². The van der Waals surface area contributed by atoms with Gasteiger partial charge in [-0.1, -0.05) is 37.6 Å². The van der Waals surface area contributed by atoms with Gasteiger partial charge in [0.1, 0.15) is 0 Å². The summed E-state index contributed by atoms with van der Waals surface area (Å²) < 4.78 is 0. The highest BCUT2D eigenvalue weighted by molar-refractivity contribution is 5.66. The lowest BCUT2D eigenvalue weighted by Crippen LogP contribution is -2.19. The van der Waals surface area contributed by atoms with E-state index in [9.17, 15) is 0 Å². The summed E-state index contributed by atoms with van der Waals surface area (Å²) in [6.07, 6.45) is 12.0. The second-order valence-corrected chi connectivity index (χ2v) is 5.46. The third-order valence-corrected chi connectivity index (χ3v) is 4.37. The summed E-state index contributed by atoms with van der Waals surface area (Å²) in [6, 6.07) is 0. The standard InChI is InChI=1S/C16H19/c1-10-4-5-13-9-14(16-8-11(16)2)6-7-15(13)12(10)3/h6-10,12H,4-5H2,1-3H3. The van der Waals surface area contributed by atoms with Gasteiger partial charge in [-0.25, -0.2) is 0 Å². The number of hydrogen-bond donors (Lipinski definition) is 0. The molecule has 0 spiro atoms. The molecule has 83 valence electrons. The molecule has 0 aliphatic heterocycles. The first-order chi connectivity index (χ1) is 7.66. The zero-order valence-electron chi connectivity index (χ0n) is 10.4. The van der Waals surface area contributed by atoms with E-state index >= 15 is 0 Å². The molecule has 3 aliphatic carbocycles. The first-order valence-electron chi connectivity index (χ1n) is 6.35. The molecule has 0 saturated heterocycles. The zero-order valence-corrected chi connectivity index (χ0v) is 10.4. The van der Waals surface area contributed by atoms with Crippen molar-refractivity contribution in [2.24, 2.45) is 11.8 Å². The Kier molecular flexibility index (Phi) is 2.20. The molecule has 1 radical (unpaired) electrons. The van der Waals surface area contributed by atoms with Crippen LogP contribution in [-0.2, 0) is 0 Å². The van der Waals surface area contributed by atoms with Gasteiger partial charge >= 0.3 is 0 Å². The Labute approximate surface area is 98.4 Å². The van der Waals surface area contributed by atoms with Crippen LogP contribution in [0.5, 0.6) is 0 Å². The van der Waals surface area contributed by atoms with Crippen molar-refractivity contribution >= 4 is 0 Å². The van der Waals surface area contributed by atoms with E-state index in [1.807, 2.05) is 0 Å². The summed E-state index contributed by atoms with van der Waals surface area (Å²) in [7, 11) is 0. The molecule has 0 fully saturated rings. The van der Waals surface area contributed by atoms with E-state index in [1.165, 1.54) is 29.6 Å². The monoisotopic (exact) mass is 211 g/mol. The molecule has 0 saturated carbocycles. The fourth-order valence-electron chi connectivity index (χ4n) is 2.87. The van der Waals surface area contributed by atoms with Gasteiger partial charge in [-0.05, 0) is 53.9 Å². The van der Waals surface area contributed by atoms with E-state index in [2.05, 4.69) is 45.4 Å². The first kappa shape index (κ1) is 10.1. The Morgan fingerprint density at radius 3 is 2.62 bits per heavy atom. The molecule has 2 unspecified atom stereocenters. The van der Waals surface area contributed by atoms with Crippen molar-refractivity contribution in [1.29, 1.82) is 0 Å². The lowest BCUT2D eigenvalue weighted by molar-refractivity contribution is 0.391. The summed E-state index contributed by atoms with van der Waals surface area (Å²) in [6.45, 7) is 6.94. The van der Waals surface area contributed by atoms with Crippen LogP contribution in [0.1, 0.15) is 33.6 Å². The maximum Gasteiger partial charge on any atom is 0.0167 e. The molecule has 0 aromatic heterocycles. The van der Waals surface area contributed by atoms with Crippen LogP contribution >= 0.6 is 0 Å². The van der Waals surface area contributed by atoms with Gasteiger partial charge < -0.3 is 0 Å².